The van der Waals surface area contributed by atoms with E-state index in [0.29, 0.717) is 24.3 Å². The largest absolute Gasteiger partial charge is 0.490 e. The Hall–Kier alpha value is -3.07. The molecule has 0 saturated heterocycles. The molecule has 31 heavy (non-hydrogen) atoms. The number of thioether (sulfide) groups is 1. The molecule has 0 fully saturated rings. The van der Waals surface area contributed by atoms with Crippen LogP contribution in [-0.4, -0.2) is 40.1 Å². The summed E-state index contributed by atoms with van der Waals surface area (Å²) in [4.78, 5) is 16.7. The molecule has 0 aliphatic carbocycles. The van der Waals surface area contributed by atoms with E-state index in [0.717, 1.165) is 29.0 Å². The number of aromatic nitrogens is 3. The summed E-state index contributed by atoms with van der Waals surface area (Å²) in [5, 5.41) is 11.5. The van der Waals surface area contributed by atoms with Crippen molar-refractivity contribution in [2.24, 2.45) is 5.92 Å². The molecule has 1 unspecified atom stereocenters. The first-order valence-electron chi connectivity index (χ1n) is 10.2. The third-order valence-electron chi connectivity index (χ3n) is 4.76. The summed E-state index contributed by atoms with van der Waals surface area (Å²) >= 11 is 1.20. The number of pyridine rings is 1. The highest BCUT2D eigenvalue weighted by molar-refractivity contribution is 7.99. The fourth-order valence-electron chi connectivity index (χ4n) is 3.22. The Morgan fingerprint density at radius 1 is 1.16 bits per heavy atom. The number of nitrogens with zero attached hydrogens (tertiary/aromatic N) is 3. The summed E-state index contributed by atoms with van der Waals surface area (Å²) in [5.74, 6) is 2.09. The van der Waals surface area contributed by atoms with Crippen LogP contribution >= 0.6 is 11.8 Å². The lowest BCUT2D eigenvalue weighted by atomic mass is 9.95. The third kappa shape index (κ3) is 5.35. The number of ether oxygens (including phenoxy) is 2. The van der Waals surface area contributed by atoms with E-state index in [2.05, 4.69) is 34.3 Å². The van der Waals surface area contributed by atoms with Gasteiger partial charge >= 0.3 is 0 Å². The minimum absolute atomic E-state index is 0.114. The first kappa shape index (κ1) is 21.2. The van der Waals surface area contributed by atoms with Crippen molar-refractivity contribution in [3.05, 3.63) is 48.3 Å². The number of rotatable bonds is 7. The van der Waals surface area contributed by atoms with Gasteiger partial charge in [0.1, 0.15) is 0 Å². The molecule has 8 nitrogen and oxygen atoms in total. The number of hydrogen-bond acceptors (Lipinski definition) is 8. The number of nitrogens with one attached hydrogen (secondary N) is 1. The summed E-state index contributed by atoms with van der Waals surface area (Å²) in [6, 6.07) is 9.32. The Kier molecular flexibility index (Phi) is 6.71. The Labute approximate surface area is 184 Å². The fraction of sp³-hybridized carbons (Fsp3) is 0.364. The second kappa shape index (κ2) is 9.82. The van der Waals surface area contributed by atoms with Gasteiger partial charge in [-0.1, -0.05) is 31.7 Å². The average molecular weight is 441 g/mol. The molecule has 0 radical (unpaired) electrons. The molecule has 0 saturated carbocycles. The minimum Gasteiger partial charge on any atom is -0.490 e. The maximum Gasteiger partial charge on any atom is 0.277 e. The molecule has 1 amide bonds. The molecule has 3 heterocycles. The summed E-state index contributed by atoms with van der Waals surface area (Å²) in [7, 11) is 0. The van der Waals surface area contributed by atoms with Crippen LogP contribution in [0.25, 0.3) is 11.5 Å². The summed E-state index contributed by atoms with van der Waals surface area (Å²) < 4.78 is 17.1. The molecule has 1 aliphatic heterocycles. The molecule has 1 N–H and O–H groups in total. The Morgan fingerprint density at radius 3 is 2.77 bits per heavy atom. The second-order valence-electron chi connectivity index (χ2n) is 7.45. The molecular formula is C22H24N4O4S. The normalized spacial score (nSPS) is 14.2. The fourth-order valence-corrected chi connectivity index (χ4v) is 3.80. The van der Waals surface area contributed by atoms with E-state index in [9.17, 15) is 4.79 Å². The van der Waals surface area contributed by atoms with Crippen molar-refractivity contribution in [2.75, 3.05) is 19.0 Å². The van der Waals surface area contributed by atoms with E-state index in [1.807, 2.05) is 24.3 Å². The highest BCUT2D eigenvalue weighted by Crippen LogP contribution is 2.34. The predicted octanol–water partition coefficient (Wildman–Crippen LogP) is 3.90. The van der Waals surface area contributed by atoms with E-state index < -0.39 is 0 Å². The zero-order valence-electron chi connectivity index (χ0n) is 17.4. The topological polar surface area (TPSA) is 99.4 Å². The van der Waals surface area contributed by atoms with E-state index in [1.165, 1.54) is 11.8 Å². The number of carbonyl (C=O) groups excluding carboxylic acids is 1. The van der Waals surface area contributed by atoms with E-state index in [1.54, 1.807) is 18.5 Å². The first-order valence-corrected chi connectivity index (χ1v) is 11.1. The maximum atomic E-state index is 12.6. The van der Waals surface area contributed by atoms with Gasteiger partial charge in [0.15, 0.2) is 11.5 Å². The SMILES string of the molecule is CC(C)C(NC(=O)CSc1nnc(-c2cccnc2)o1)c1ccc2c(c1)OCCCO2. The number of fused-ring (bicyclic) bond motifs is 1. The van der Waals surface area contributed by atoms with Gasteiger partial charge in [0.2, 0.25) is 11.8 Å². The van der Waals surface area contributed by atoms with Crippen molar-refractivity contribution in [1.82, 2.24) is 20.5 Å². The van der Waals surface area contributed by atoms with Crippen LogP contribution < -0.4 is 14.8 Å². The molecule has 1 aliphatic rings. The van der Waals surface area contributed by atoms with Crippen molar-refractivity contribution in [2.45, 2.75) is 31.5 Å². The van der Waals surface area contributed by atoms with Gasteiger partial charge in [0, 0.05) is 18.8 Å². The van der Waals surface area contributed by atoms with Crippen LogP contribution in [-0.2, 0) is 4.79 Å². The monoisotopic (exact) mass is 440 g/mol. The molecule has 0 spiro atoms. The molecule has 3 aromatic rings. The number of carbonyl (C=O) groups is 1. The average Bonchev–Trinajstić information content (AvgIpc) is 3.14. The Morgan fingerprint density at radius 2 is 2.00 bits per heavy atom. The van der Waals surface area contributed by atoms with Gasteiger partial charge in [-0.15, -0.1) is 10.2 Å². The molecule has 9 heteroatoms. The van der Waals surface area contributed by atoms with E-state index in [4.69, 9.17) is 13.9 Å². The minimum atomic E-state index is -0.154. The van der Waals surface area contributed by atoms with Gasteiger partial charge in [0.05, 0.1) is 30.6 Å². The van der Waals surface area contributed by atoms with Crippen LogP contribution in [0, 0.1) is 5.92 Å². The highest BCUT2D eigenvalue weighted by Gasteiger charge is 2.22. The Bertz CT molecular complexity index is 1030. The molecular weight excluding hydrogens is 416 g/mol. The van der Waals surface area contributed by atoms with Gasteiger partial charge in [-0.25, -0.2) is 0 Å². The Balaban J connectivity index is 1.38. The molecule has 162 valence electrons. The number of benzene rings is 1. The summed E-state index contributed by atoms with van der Waals surface area (Å²) in [6.07, 6.45) is 4.18. The smallest absolute Gasteiger partial charge is 0.277 e. The van der Waals surface area contributed by atoms with Crippen molar-refractivity contribution in [3.8, 4) is 23.0 Å². The highest BCUT2D eigenvalue weighted by atomic mass is 32.2. The maximum absolute atomic E-state index is 12.6. The van der Waals surface area contributed by atoms with Crippen molar-refractivity contribution >= 4 is 17.7 Å². The summed E-state index contributed by atoms with van der Waals surface area (Å²) in [6.45, 7) is 5.40. The first-order chi connectivity index (χ1) is 15.1. The molecule has 1 aromatic carbocycles. The van der Waals surface area contributed by atoms with Gasteiger partial charge in [0.25, 0.3) is 5.22 Å². The quantitative estimate of drug-likeness (QED) is 0.552. The molecule has 2 aromatic heterocycles. The second-order valence-corrected chi connectivity index (χ2v) is 8.38. The van der Waals surface area contributed by atoms with Crippen LogP contribution in [0.15, 0.2) is 52.4 Å². The van der Waals surface area contributed by atoms with Crippen LogP contribution in [0.1, 0.15) is 31.9 Å². The van der Waals surface area contributed by atoms with E-state index >= 15 is 0 Å². The van der Waals surface area contributed by atoms with Crippen LogP contribution in [0.3, 0.4) is 0 Å². The summed E-state index contributed by atoms with van der Waals surface area (Å²) in [5.41, 5.74) is 1.72. The van der Waals surface area contributed by atoms with Crippen LogP contribution in [0.4, 0.5) is 0 Å². The van der Waals surface area contributed by atoms with Crippen LogP contribution in [0.2, 0.25) is 0 Å². The third-order valence-corrected chi connectivity index (χ3v) is 5.57. The van der Waals surface area contributed by atoms with Crippen molar-refractivity contribution < 1.29 is 18.7 Å². The predicted molar refractivity (Wildman–Crippen MR) is 116 cm³/mol. The van der Waals surface area contributed by atoms with Gasteiger partial charge in [-0.05, 0) is 35.7 Å². The molecule has 4 rings (SSSR count). The lowest BCUT2D eigenvalue weighted by Crippen LogP contribution is -2.33. The van der Waals surface area contributed by atoms with Crippen molar-refractivity contribution in [1.29, 1.82) is 0 Å². The van der Waals surface area contributed by atoms with Gasteiger partial charge in [-0.3, -0.25) is 9.78 Å². The van der Waals surface area contributed by atoms with Gasteiger partial charge < -0.3 is 19.2 Å². The lowest BCUT2D eigenvalue weighted by molar-refractivity contribution is -0.119. The standard InChI is InChI=1S/C22H24N4O4S/c1-14(2)20(15-6-7-17-18(11-15)29-10-4-9-28-17)24-19(27)13-31-22-26-25-21(30-22)16-5-3-8-23-12-16/h3,5-8,11-12,14,20H,4,9-10,13H2,1-2H3,(H,24,27). The van der Waals surface area contributed by atoms with Crippen LogP contribution in [0.5, 0.6) is 11.5 Å². The number of amides is 1. The van der Waals surface area contributed by atoms with Gasteiger partial charge in [-0.2, -0.15) is 0 Å². The van der Waals surface area contributed by atoms with Crippen molar-refractivity contribution in [3.63, 3.8) is 0 Å². The molecule has 1 atom stereocenters. The zero-order valence-corrected chi connectivity index (χ0v) is 18.2. The lowest BCUT2D eigenvalue weighted by Gasteiger charge is -2.23. The zero-order chi connectivity index (χ0) is 21.6. The molecule has 0 bridgehead atoms. The number of hydrogen-bond donors (Lipinski definition) is 1. The van der Waals surface area contributed by atoms with E-state index in [-0.39, 0.29) is 23.6 Å².